The molecule has 9 nitrogen and oxygen atoms in total. The Morgan fingerprint density at radius 3 is 2.60 bits per heavy atom. The molecule has 0 aliphatic carbocycles. The number of aromatic nitrogens is 3. The van der Waals surface area contributed by atoms with Gasteiger partial charge in [-0.25, -0.2) is 18.3 Å². The van der Waals surface area contributed by atoms with E-state index in [0.717, 1.165) is 12.1 Å². The smallest absolute Gasteiger partial charge is 0.294 e. The summed E-state index contributed by atoms with van der Waals surface area (Å²) < 4.78 is 52.4. The number of rotatable bonds is 8. The predicted molar refractivity (Wildman–Crippen MR) is 144 cm³/mol. The monoisotopic (exact) mass is 562 g/mol. The zero-order valence-corrected chi connectivity index (χ0v) is 21.9. The van der Waals surface area contributed by atoms with E-state index in [9.17, 15) is 13.6 Å². The average Bonchev–Trinajstić information content (AvgIpc) is 3.65. The molecule has 0 fully saturated rings. The summed E-state index contributed by atoms with van der Waals surface area (Å²) in [4.78, 5) is 17.7. The summed E-state index contributed by atoms with van der Waals surface area (Å²) >= 11 is 1.31. The Kier molecular flexibility index (Phi) is 6.52. The molecule has 0 aliphatic rings. The molecular formula is C28H20F2N4O5S. The van der Waals surface area contributed by atoms with Crippen LogP contribution in [0.1, 0.15) is 15.9 Å². The predicted octanol–water partition coefficient (Wildman–Crippen LogP) is 6.33. The number of methoxy groups -OCH3 is 2. The molecule has 0 aliphatic heterocycles. The third-order valence-corrected chi connectivity index (χ3v) is 6.91. The van der Waals surface area contributed by atoms with Crippen molar-refractivity contribution in [1.82, 2.24) is 14.6 Å². The molecule has 6 aromatic rings. The normalized spacial score (nSPS) is 11.2. The Balaban J connectivity index is 1.24. The molecule has 0 radical (unpaired) electrons. The zero-order valence-electron chi connectivity index (χ0n) is 21.1. The third-order valence-electron chi connectivity index (χ3n) is 6.03. The maximum absolute atomic E-state index is 14.0. The molecule has 202 valence electrons. The van der Waals surface area contributed by atoms with Crippen LogP contribution in [0.3, 0.4) is 0 Å². The molecule has 1 amide bonds. The van der Waals surface area contributed by atoms with Gasteiger partial charge >= 0.3 is 0 Å². The molecule has 0 spiro atoms. The van der Waals surface area contributed by atoms with Gasteiger partial charge in [-0.3, -0.25) is 4.79 Å². The number of anilines is 1. The summed E-state index contributed by atoms with van der Waals surface area (Å²) in [6.45, 7) is 0.129. The van der Waals surface area contributed by atoms with Gasteiger partial charge in [-0.05, 0) is 47.2 Å². The maximum Gasteiger partial charge on any atom is 0.294 e. The van der Waals surface area contributed by atoms with Crippen molar-refractivity contribution in [2.75, 3.05) is 19.5 Å². The van der Waals surface area contributed by atoms with Gasteiger partial charge in [0.15, 0.2) is 5.76 Å². The summed E-state index contributed by atoms with van der Waals surface area (Å²) in [5.41, 5.74) is 1.56. The Morgan fingerprint density at radius 1 is 1.05 bits per heavy atom. The summed E-state index contributed by atoms with van der Waals surface area (Å²) in [5.74, 6) is -1.20. The van der Waals surface area contributed by atoms with Crippen LogP contribution < -0.4 is 19.5 Å². The highest BCUT2D eigenvalue weighted by Gasteiger charge is 2.19. The van der Waals surface area contributed by atoms with Crippen LogP contribution >= 0.6 is 11.3 Å². The number of benzene rings is 3. The van der Waals surface area contributed by atoms with Crippen molar-refractivity contribution in [2.24, 2.45) is 0 Å². The molecule has 3 aromatic heterocycles. The Bertz CT molecular complexity index is 1830. The number of amides is 1. The Labute approximate surface area is 229 Å². The van der Waals surface area contributed by atoms with E-state index in [2.05, 4.69) is 15.4 Å². The van der Waals surface area contributed by atoms with Crippen LogP contribution in [0.15, 0.2) is 71.3 Å². The maximum atomic E-state index is 14.0. The van der Waals surface area contributed by atoms with E-state index >= 15 is 0 Å². The number of halogens is 2. The van der Waals surface area contributed by atoms with Gasteiger partial charge in [0.05, 0.1) is 25.8 Å². The van der Waals surface area contributed by atoms with E-state index in [1.165, 1.54) is 17.4 Å². The molecule has 3 heterocycles. The largest absolute Gasteiger partial charge is 0.496 e. The lowest BCUT2D eigenvalue weighted by molar-refractivity contribution is 0.101. The van der Waals surface area contributed by atoms with E-state index in [1.807, 2.05) is 6.07 Å². The molecular weight excluding hydrogens is 542 g/mol. The topological polar surface area (TPSA) is 100 Å². The number of nitrogens with zero attached hydrogens (tertiary/aromatic N) is 3. The highest BCUT2D eigenvalue weighted by atomic mass is 32.1. The van der Waals surface area contributed by atoms with Crippen molar-refractivity contribution in [3.63, 3.8) is 0 Å². The molecule has 0 saturated heterocycles. The van der Waals surface area contributed by atoms with Gasteiger partial charge in [0.2, 0.25) is 4.96 Å². The van der Waals surface area contributed by atoms with Crippen molar-refractivity contribution < 1.29 is 32.2 Å². The third kappa shape index (κ3) is 4.80. The number of nitrogens with one attached hydrogen (secondary N) is 1. The lowest BCUT2D eigenvalue weighted by Gasteiger charge is -2.11. The van der Waals surface area contributed by atoms with Crippen molar-refractivity contribution >= 4 is 38.9 Å². The molecule has 40 heavy (non-hydrogen) atoms. The van der Waals surface area contributed by atoms with Gasteiger partial charge in [0, 0.05) is 17.8 Å². The van der Waals surface area contributed by atoms with Crippen molar-refractivity contribution in [2.45, 2.75) is 6.61 Å². The molecule has 0 bridgehead atoms. The number of carbonyl (C=O) groups excluding carboxylic acids is 1. The van der Waals surface area contributed by atoms with Crippen molar-refractivity contribution in [3.05, 3.63) is 89.6 Å². The summed E-state index contributed by atoms with van der Waals surface area (Å²) in [6.07, 6.45) is 1.75. The molecule has 12 heteroatoms. The van der Waals surface area contributed by atoms with Crippen LogP contribution in [0, 0.1) is 11.6 Å². The molecule has 3 aromatic carbocycles. The van der Waals surface area contributed by atoms with Crippen molar-refractivity contribution in [1.29, 1.82) is 0 Å². The number of fused-ring (bicyclic) bond motifs is 2. The molecule has 0 unspecified atom stereocenters. The number of furan rings is 1. The standard InChI is InChI=1S/C28H20F2N4O5S/c1-36-17-10-22(18-12-24(39-23(18)11-17)21-13-34-27(32-21)40-28(33-34)37-2)38-14-15-5-3-6-16(9-15)31-26(35)25-19(29)7-4-8-20(25)30/h3-13H,14H2,1-2H3,(H,31,35). The fraction of sp³-hybridized carbons (Fsp3) is 0.107. The van der Waals surface area contributed by atoms with E-state index in [0.29, 0.717) is 55.3 Å². The van der Waals surface area contributed by atoms with E-state index < -0.39 is 23.1 Å². The highest BCUT2D eigenvalue weighted by Crippen LogP contribution is 2.37. The number of ether oxygens (including phenoxy) is 3. The van der Waals surface area contributed by atoms with Gasteiger partial charge < -0.3 is 23.9 Å². The number of hydrogen-bond acceptors (Lipinski definition) is 8. The van der Waals surface area contributed by atoms with Crippen LogP contribution in [-0.4, -0.2) is 34.7 Å². The lowest BCUT2D eigenvalue weighted by atomic mass is 10.1. The molecule has 1 N–H and O–H groups in total. The van der Waals surface area contributed by atoms with Gasteiger partial charge in [-0.2, -0.15) is 0 Å². The minimum absolute atomic E-state index is 0.129. The lowest BCUT2D eigenvalue weighted by Crippen LogP contribution is -2.16. The highest BCUT2D eigenvalue weighted by molar-refractivity contribution is 7.18. The van der Waals surface area contributed by atoms with Crippen LogP contribution in [0.25, 0.3) is 27.4 Å². The number of hydrogen-bond donors (Lipinski definition) is 1. The quantitative estimate of drug-likeness (QED) is 0.231. The number of carbonyl (C=O) groups is 1. The van der Waals surface area contributed by atoms with Gasteiger partial charge in [-0.15, -0.1) is 5.10 Å². The Morgan fingerprint density at radius 2 is 1.85 bits per heavy atom. The first kappa shape index (κ1) is 25.3. The van der Waals surface area contributed by atoms with Gasteiger partial charge in [-0.1, -0.05) is 18.2 Å². The van der Waals surface area contributed by atoms with E-state index in [4.69, 9.17) is 18.6 Å². The SMILES string of the molecule is COc1cc(OCc2cccc(NC(=O)c3c(F)cccc3F)c2)c2cc(-c3cn4nc(OC)sc4n3)oc2c1. The number of imidazole rings is 1. The first-order valence-corrected chi connectivity index (χ1v) is 12.7. The summed E-state index contributed by atoms with van der Waals surface area (Å²) in [5, 5.41) is 8.03. The second kappa shape index (κ2) is 10.3. The minimum atomic E-state index is -0.940. The molecule has 6 rings (SSSR count). The first-order valence-electron chi connectivity index (χ1n) is 11.9. The molecule has 0 atom stereocenters. The fourth-order valence-electron chi connectivity index (χ4n) is 4.14. The van der Waals surface area contributed by atoms with E-state index in [1.54, 1.807) is 61.3 Å². The molecule has 0 saturated carbocycles. The first-order chi connectivity index (χ1) is 19.4. The van der Waals surface area contributed by atoms with Crippen LogP contribution in [0.5, 0.6) is 16.7 Å². The van der Waals surface area contributed by atoms with Gasteiger partial charge in [0.25, 0.3) is 11.1 Å². The fourth-order valence-corrected chi connectivity index (χ4v) is 4.84. The zero-order chi connectivity index (χ0) is 27.8. The second-order valence-electron chi connectivity index (χ2n) is 8.61. The minimum Gasteiger partial charge on any atom is -0.496 e. The summed E-state index contributed by atoms with van der Waals surface area (Å²) in [7, 11) is 3.09. The van der Waals surface area contributed by atoms with Crippen LogP contribution in [0.4, 0.5) is 14.5 Å². The van der Waals surface area contributed by atoms with Gasteiger partial charge in [0.1, 0.15) is 46.6 Å². The Hall–Kier alpha value is -4.97. The van der Waals surface area contributed by atoms with Crippen LogP contribution in [0.2, 0.25) is 0 Å². The second-order valence-corrected chi connectivity index (χ2v) is 9.53. The average molecular weight is 563 g/mol. The van der Waals surface area contributed by atoms with Crippen LogP contribution in [-0.2, 0) is 6.61 Å². The summed E-state index contributed by atoms with van der Waals surface area (Å²) in [6, 6.07) is 15.4. The van der Waals surface area contributed by atoms with Crippen molar-refractivity contribution in [3.8, 4) is 28.1 Å². The van der Waals surface area contributed by atoms with E-state index in [-0.39, 0.29) is 6.61 Å².